The van der Waals surface area contributed by atoms with Crippen LogP contribution in [0.1, 0.15) is 10.8 Å². The summed E-state index contributed by atoms with van der Waals surface area (Å²) in [6.07, 6.45) is 0. The number of thioether (sulfide) groups is 1. The van der Waals surface area contributed by atoms with Crippen LogP contribution in [-0.2, 0) is 4.79 Å². The van der Waals surface area contributed by atoms with Crippen LogP contribution in [0.2, 0.25) is 0 Å². The maximum atomic E-state index is 11.7. The minimum Gasteiger partial charge on any atom is -0.497 e. The molecule has 1 unspecified atom stereocenters. The number of aromatic amines is 1. The lowest BCUT2D eigenvalue weighted by molar-refractivity contribution is -0.136. The van der Waals surface area contributed by atoms with Gasteiger partial charge in [0.2, 0.25) is 0 Å². The number of carboxylic acids is 1. The summed E-state index contributed by atoms with van der Waals surface area (Å²) in [7, 11) is 1.62. The number of benzene rings is 2. The van der Waals surface area contributed by atoms with Gasteiger partial charge in [0.25, 0.3) is 0 Å². The van der Waals surface area contributed by atoms with Crippen LogP contribution in [0.3, 0.4) is 0 Å². The van der Waals surface area contributed by atoms with Crippen molar-refractivity contribution in [3.63, 3.8) is 0 Å². The van der Waals surface area contributed by atoms with E-state index in [0.29, 0.717) is 0 Å². The maximum Gasteiger partial charge on any atom is 0.321 e. The Bertz CT molecular complexity index is 900. The highest BCUT2D eigenvalue weighted by molar-refractivity contribution is 8.00. The van der Waals surface area contributed by atoms with Crippen LogP contribution in [-0.4, -0.2) is 23.2 Å². The average molecular weight is 311 g/mol. The number of rotatable bonds is 2. The lowest BCUT2D eigenvalue weighted by Crippen LogP contribution is -2.11. The molecule has 1 aliphatic heterocycles. The minimum absolute atomic E-state index is 0.605. The van der Waals surface area contributed by atoms with Crippen LogP contribution in [0.5, 0.6) is 5.75 Å². The second kappa shape index (κ2) is 4.81. The summed E-state index contributed by atoms with van der Waals surface area (Å²) in [5.41, 5.74) is 3.68. The van der Waals surface area contributed by atoms with E-state index in [2.05, 4.69) is 4.98 Å². The number of ether oxygens (including phenoxy) is 1. The number of hydrogen-bond donors (Lipinski definition) is 2. The molecule has 1 aromatic heterocycles. The number of carboxylic acid groups (broad SMARTS) is 1. The van der Waals surface area contributed by atoms with Crippen LogP contribution in [0.15, 0.2) is 47.4 Å². The quantitative estimate of drug-likeness (QED) is 0.748. The molecule has 1 aliphatic rings. The third-order valence-electron chi connectivity index (χ3n) is 3.93. The lowest BCUT2D eigenvalue weighted by Gasteiger charge is -2.21. The molecule has 4 nitrogen and oxygen atoms in total. The van der Waals surface area contributed by atoms with E-state index in [9.17, 15) is 9.90 Å². The highest BCUT2D eigenvalue weighted by Crippen LogP contribution is 2.51. The monoisotopic (exact) mass is 311 g/mol. The number of methoxy groups -OCH3 is 1. The van der Waals surface area contributed by atoms with Gasteiger partial charge in [0, 0.05) is 33.0 Å². The molecule has 0 fully saturated rings. The van der Waals surface area contributed by atoms with Crippen molar-refractivity contribution in [3.05, 3.63) is 48.0 Å². The molecule has 2 aromatic carbocycles. The Labute approximate surface area is 131 Å². The predicted octanol–water partition coefficient (Wildman–Crippen LogP) is 4.07. The number of nitrogens with one attached hydrogen (secondary N) is 1. The highest BCUT2D eigenvalue weighted by atomic mass is 32.2. The average Bonchev–Trinajstić information content (AvgIpc) is 2.92. The summed E-state index contributed by atoms with van der Waals surface area (Å²) in [4.78, 5) is 16.1. The molecule has 0 saturated carbocycles. The third kappa shape index (κ3) is 1.82. The molecule has 2 N–H and O–H groups in total. The van der Waals surface area contributed by atoms with Crippen LogP contribution in [0.4, 0.5) is 0 Å². The zero-order valence-corrected chi connectivity index (χ0v) is 12.6. The van der Waals surface area contributed by atoms with Crippen molar-refractivity contribution < 1.29 is 14.6 Å². The Kier molecular flexibility index (Phi) is 2.90. The molecule has 3 aromatic rings. The fourth-order valence-electron chi connectivity index (χ4n) is 2.95. The van der Waals surface area contributed by atoms with Crippen molar-refractivity contribution in [2.75, 3.05) is 7.11 Å². The summed E-state index contributed by atoms with van der Waals surface area (Å²) in [6.45, 7) is 0. The van der Waals surface area contributed by atoms with Gasteiger partial charge in [-0.15, -0.1) is 11.8 Å². The molecule has 0 spiro atoms. The SMILES string of the molecule is COc1ccc2c3c([nH]c2c1)-c1ccccc1SC3C(=O)O. The largest absolute Gasteiger partial charge is 0.497 e. The molecule has 0 bridgehead atoms. The number of fused-ring (bicyclic) bond motifs is 5. The molecule has 1 atom stereocenters. The van der Waals surface area contributed by atoms with Crippen molar-refractivity contribution in [3.8, 4) is 17.0 Å². The summed E-state index contributed by atoms with van der Waals surface area (Å²) < 4.78 is 5.26. The van der Waals surface area contributed by atoms with E-state index in [1.165, 1.54) is 11.8 Å². The molecule has 0 amide bonds. The van der Waals surface area contributed by atoms with Crippen LogP contribution < -0.4 is 4.74 Å². The molecular weight excluding hydrogens is 298 g/mol. The first-order valence-electron chi connectivity index (χ1n) is 6.87. The summed E-state index contributed by atoms with van der Waals surface area (Å²) in [5, 5.41) is 9.96. The van der Waals surface area contributed by atoms with Gasteiger partial charge in [-0.2, -0.15) is 0 Å². The van der Waals surface area contributed by atoms with Crippen LogP contribution in [0.25, 0.3) is 22.2 Å². The molecule has 0 radical (unpaired) electrons. The van der Waals surface area contributed by atoms with Crippen LogP contribution in [0, 0.1) is 0 Å². The maximum absolute atomic E-state index is 11.7. The first kappa shape index (κ1) is 13.3. The Hall–Kier alpha value is -2.40. The number of aromatic nitrogens is 1. The molecule has 2 heterocycles. The molecule has 4 rings (SSSR count). The van der Waals surface area contributed by atoms with Gasteiger partial charge in [-0.25, -0.2) is 0 Å². The number of H-pyrrole nitrogens is 1. The zero-order chi connectivity index (χ0) is 15.3. The molecule has 22 heavy (non-hydrogen) atoms. The van der Waals surface area contributed by atoms with Gasteiger partial charge in [-0.1, -0.05) is 18.2 Å². The standard InChI is InChI=1S/C17H13NO3S/c1-21-9-6-7-10-12(8-9)18-15-11-4-2-3-5-13(11)22-16(14(10)15)17(19)20/h2-8,16,18H,1H3,(H,19,20). The van der Waals surface area contributed by atoms with Gasteiger partial charge >= 0.3 is 5.97 Å². The summed E-state index contributed by atoms with van der Waals surface area (Å²) in [5.74, 6) is -0.0728. The Morgan fingerprint density at radius 3 is 2.86 bits per heavy atom. The van der Waals surface area contributed by atoms with Crippen molar-refractivity contribution in [1.29, 1.82) is 0 Å². The molecule has 0 aliphatic carbocycles. The molecule has 110 valence electrons. The molecule has 0 saturated heterocycles. The van der Waals surface area contributed by atoms with Crippen LogP contribution >= 0.6 is 11.8 Å². The normalized spacial score (nSPS) is 16.1. The van der Waals surface area contributed by atoms with E-state index in [-0.39, 0.29) is 0 Å². The number of aliphatic carboxylic acids is 1. The van der Waals surface area contributed by atoms with Crippen molar-refractivity contribution in [2.24, 2.45) is 0 Å². The first-order chi connectivity index (χ1) is 10.7. The van der Waals surface area contributed by atoms with Gasteiger partial charge < -0.3 is 14.8 Å². The van der Waals surface area contributed by atoms with E-state index >= 15 is 0 Å². The smallest absolute Gasteiger partial charge is 0.321 e. The molecular formula is C17H13NO3S. The second-order valence-electron chi connectivity index (χ2n) is 5.16. The van der Waals surface area contributed by atoms with Gasteiger partial charge in [-0.05, 0) is 18.2 Å². The summed E-state index contributed by atoms with van der Waals surface area (Å²) >= 11 is 1.39. The predicted molar refractivity (Wildman–Crippen MR) is 86.5 cm³/mol. The third-order valence-corrected chi connectivity index (χ3v) is 5.22. The fourth-order valence-corrected chi connectivity index (χ4v) is 4.12. The molecule has 5 heteroatoms. The summed E-state index contributed by atoms with van der Waals surface area (Å²) in [6, 6.07) is 13.6. The van der Waals surface area contributed by atoms with Crippen molar-refractivity contribution in [1.82, 2.24) is 4.98 Å². The van der Waals surface area contributed by atoms with E-state index in [1.807, 2.05) is 42.5 Å². The van der Waals surface area contributed by atoms with Gasteiger partial charge in [-0.3, -0.25) is 4.79 Å². The van der Waals surface area contributed by atoms with Crippen molar-refractivity contribution in [2.45, 2.75) is 10.1 Å². The lowest BCUT2D eigenvalue weighted by atomic mass is 10.0. The number of hydrogen-bond acceptors (Lipinski definition) is 3. The Morgan fingerprint density at radius 1 is 1.27 bits per heavy atom. The first-order valence-corrected chi connectivity index (χ1v) is 7.75. The number of carbonyl (C=O) groups is 1. The Balaban J connectivity index is 2.05. The fraction of sp³-hybridized carbons (Fsp3) is 0.118. The highest BCUT2D eigenvalue weighted by Gasteiger charge is 2.33. The topological polar surface area (TPSA) is 62.3 Å². The van der Waals surface area contributed by atoms with Gasteiger partial charge in [0.15, 0.2) is 0 Å². The van der Waals surface area contributed by atoms with Gasteiger partial charge in [0.1, 0.15) is 11.0 Å². The van der Waals surface area contributed by atoms with Gasteiger partial charge in [0.05, 0.1) is 12.8 Å². The second-order valence-corrected chi connectivity index (χ2v) is 6.30. The minimum atomic E-state index is -0.822. The Morgan fingerprint density at radius 2 is 2.09 bits per heavy atom. The van der Waals surface area contributed by atoms with Crippen molar-refractivity contribution >= 4 is 28.6 Å². The van der Waals surface area contributed by atoms with E-state index in [1.54, 1.807) is 7.11 Å². The zero-order valence-electron chi connectivity index (χ0n) is 11.8. The van der Waals surface area contributed by atoms with E-state index in [0.717, 1.165) is 38.4 Å². The van der Waals surface area contributed by atoms with E-state index in [4.69, 9.17) is 4.74 Å². The van der Waals surface area contributed by atoms with E-state index < -0.39 is 11.2 Å².